The molecule has 0 saturated heterocycles. The Morgan fingerprint density at radius 1 is 1.50 bits per heavy atom. The zero-order valence-corrected chi connectivity index (χ0v) is 11.9. The van der Waals surface area contributed by atoms with E-state index in [1.165, 1.54) is 7.11 Å². The highest BCUT2D eigenvalue weighted by Crippen LogP contribution is 2.00. The predicted molar refractivity (Wildman–Crippen MR) is 66.5 cm³/mol. The number of halogens is 1. The molecule has 0 aromatic rings. The molecule has 1 N–H and O–H groups in total. The van der Waals surface area contributed by atoms with Crippen LogP contribution >= 0.6 is 15.9 Å². The third-order valence-corrected chi connectivity index (χ3v) is 4.52. The zero-order chi connectivity index (χ0) is 12.6. The van der Waals surface area contributed by atoms with Crippen LogP contribution in [0, 0.1) is 0 Å². The number of sulfone groups is 1. The molecule has 0 aliphatic carbocycles. The van der Waals surface area contributed by atoms with Gasteiger partial charge in [0.15, 0.2) is 0 Å². The number of esters is 1. The number of ether oxygens (including phenoxy) is 1. The number of nitrogens with one attached hydrogen (secondary N) is 1. The van der Waals surface area contributed by atoms with Gasteiger partial charge < -0.3 is 10.1 Å². The van der Waals surface area contributed by atoms with Gasteiger partial charge in [0, 0.05) is 12.3 Å². The highest BCUT2D eigenvalue weighted by atomic mass is 79.9. The van der Waals surface area contributed by atoms with Crippen molar-refractivity contribution in [3.8, 4) is 0 Å². The van der Waals surface area contributed by atoms with Crippen molar-refractivity contribution in [1.29, 1.82) is 0 Å². The van der Waals surface area contributed by atoms with Gasteiger partial charge in [-0.25, -0.2) is 8.42 Å². The molecule has 16 heavy (non-hydrogen) atoms. The molecule has 1 unspecified atom stereocenters. The largest absolute Gasteiger partial charge is 0.468 e. The molecule has 1 atom stereocenters. The van der Waals surface area contributed by atoms with Gasteiger partial charge in [-0.3, -0.25) is 4.79 Å². The predicted octanol–water partition coefficient (Wildman–Crippen LogP) is 0.337. The second-order valence-corrected chi connectivity index (χ2v) is 6.86. The first-order chi connectivity index (χ1) is 7.43. The number of hydrogen-bond acceptors (Lipinski definition) is 5. The van der Waals surface area contributed by atoms with E-state index in [2.05, 4.69) is 26.0 Å². The highest BCUT2D eigenvalue weighted by molar-refractivity contribution is 9.10. The van der Waals surface area contributed by atoms with Gasteiger partial charge in [0.1, 0.15) is 14.7 Å². The van der Waals surface area contributed by atoms with Crippen molar-refractivity contribution in [2.75, 3.05) is 31.7 Å². The second kappa shape index (κ2) is 8.03. The summed E-state index contributed by atoms with van der Waals surface area (Å²) in [6.07, 6.45) is 0.553. The fourth-order valence-electron chi connectivity index (χ4n) is 1.00. The van der Waals surface area contributed by atoms with Crippen LogP contribution in [-0.2, 0) is 19.4 Å². The van der Waals surface area contributed by atoms with Gasteiger partial charge in [-0.2, -0.15) is 0 Å². The van der Waals surface area contributed by atoms with Crippen molar-refractivity contribution in [3.05, 3.63) is 0 Å². The minimum Gasteiger partial charge on any atom is -0.468 e. The molecule has 0 radical (unpaired) electrons. The molecule has 7 heteroatoms. The van der Waals surface area contributed by atoms with E-state index in [1.54, 1.807) is 6.92 Å². The molecule has 0 bridgehead atoms. The maximum absolute atomic E-state index is 11.1. The van der Waals surface area contributed by atoms with E-state index in [-0.39, 0.29) is 22.3 Å². The van der Waals surface area contributed by atoms with Gasteiger partial charge in [-0.15, -0.1) is 0 Å². The van der Waals surface area contributed by atoms with Crippen LogP contribution in [-0.4, -0.2) is 50.9 Å². The molecule has 0 rings (SSSR count). The number of carbonyl (C=O) groups excluding carboxylic acids is 1. The van der Waals surface area contributed by atoms with Crippen molar-refractivity contribution in [2.45, 2.75) is 18.2 Å². The fraction of sp³-hybridized carbons (Fsp3) is 0.889. The second-order valence-electron chi connectivity index (χ2n) is 3.28. The van der Waals surface area contributed by atoms with E-state index < -0.39 is 9.84 Å². The average Bonchev–Trinajstić information content (AvgIpc) is 2.27. The fourth-order valence-corrected chi connectivity index (χ4v) is 2.29. The minimum atomic E-state index is -2.88. The first-order valence-corrected chi connectivity index (χ1v) is 7.79. The monoisotopic (exact) mass is 315 g/mol. The van der Waals surface area contributed by atoms with Gasteiger partial charge in [0.05, 0.1) is 12.9 Å². The lowest BCUT2D eigenvalue weighted by Crippen LogP contribution is -2.31. The van der Waals surface area contributed by atoms with Crippen LogP contribution in [0.15, 0.2) is 0 Å². The average molecular weight is 316 g/mol. The van der Waals surface area contributed by atoms with Crippen LogP contribution < -0.4 is 5.32 Å². The van der Waals surface area contributed by atoms with Crippen LogP contribution in [0.4, 0.5) is 0 Å². The lowest BCUT2D eigenvalue weighted by atomic mass is 10.4. The molecule has 96 valence electrons. The summed E-state index contributed by atoms with van der Waals surface area (Å²) in [6.45, 7) is 2.63. The lowest BCUT2D eigenvalue weighted by Gasteiger charge is -2.08. The van der Waals surface area contributed by atoms with Crippen molar-refractivity contribution >= 4 is 31.7 Å². The summed E-state index contributed by atoms with van der Waals surface area (Å²) in [4.78, 5) is 10.6. The van der Waals surface area contributed by atoms with Crippen molar-refractivity contribution in [1.82, 2.24) is 5.32 Å². The lowest BCUT2D eigenvalue weighted by molar-refractivity contribution is -0.139. The Bertz CT molecular complexity index is 305. The van der Waals surface area contributed by atoms with E-state index in [0.717, 1.165) is 0 Å². The Labute approximate surface area is 105 Å². The Balaban J connectivity index is 3.58. The zero-order valence-electron chi connectivity index (χ0n) is 9.53. The smallest absolute Gasteiger partial charge is 0.320 e. The van der Waals surface area contributed by atoms with Crippen molar-refractivity contribution in [3.63, 3.8) is 0 Å². The van der Waals surface area contributed by atoms with Gasteiger partial charge in [0.25, 0.3) is 0 Å². The molecular weight excluding hydrogens is 298 g/mol. The van der Waals surface area contributed by atoms with Gasteiger partial charge in [-0.05, 0) is 13.0 Å². The van der Waals surface area contributed by atoms with Crippen LogP contribution in [0.25, 0.3) is 0 Å². The third kappa shape index (κ3) is 7.19. The summed E-state index contributed by atoms with van der Waals surface area (Å²) < 4.78 is 26.8. The van der Waals surface area contributed by atoms with Gasteiger partial charge in [0.2, 0.25) is 0 Å². The number of hydrogen-bond donors (Lipinski definition) is 1. The maximum Gasteiger partial charge on any atom is 0.320 e. The molecule has 0 fully saturated rings. The molecule has 5 nitrogen and oxygen atoms in total. The third-order valence-electron chi connectivity index (χ3n) is 2.03. The van der Waals surface area contributed by atoms with Crippen LogP contribution in [0.1, 0.15) is 13.3 Å². The van der Waals surface area contributed by atoms with Crippen molar-refractivity contribution < 1.29 is 17.9 Å². The molecule has 0 aromatic carbocycles. The molecule has 0 heterocycles. The Hall–Kier alpha value is -0.140. The summed E-state index contributed by atoms with van der Waals surface area (Å²) >= 11 is 3.15. The normalized spacial score (nSPS) is 13.4. The summed E-state index contributed by atoms with van der Waals surface area (Å²) in [7, 11) is -1.56. The Morgan fingerprint density at radius 2 is 2.12 bits per heavy atom. The topological polar surface area (TPSA) is 72.5 Å². The van der Waals surface area contributed by atoms with Gasteiger partial charge >= 0.3 is 5.97 Å². The summed E-state index contributed by atoms with van der Waals surface area (Å²) in [5.74, 6) is 0.0198. The van der Waals surface area contributed by atoms with E-state index in [9.17, 15) is 13.2 Å². The van der Waals surface area contributed by atoms with E-state index in [0.29, 0.717) is 19.5 Å². The van der Waals surface area contributed by atoms with Crippen LogP contribution in [0.3, 0.4) is 0 Å². The molecule has 0 aliphatic rings. The van der Waals surface area contributed by atoms with E-state index in [1.807, 2.05) is 0 Å². The van der Waals surface area contributed by atoms with E-state index in [4.69, 9.17) is 0 Å². The number of alkyl halides is 1. The molecule has 0 spiro atoms. The molecule has 0 saturated carbocycles. The molecule has 0 aromatic heterocycles. The summed E-state index contributed by atoms with van der Waals surface area (Å²) in [5.41, 5.74) is 0. The summed E-state index contributed by atoms with van der Waals surface area (Å²) in [5, 5.41) is 2.98. The number of rotatable bonds is 8. The van der Waals surface area contributed by atoms with Gasteiger partial charge in [-0.1, -0.05) is 22.9 Å². The first-order valence-electron chi connectivity index (χ1n) is 5.06. The van der Waals surface area contributed by atoms with E-state index >= 15 is 0 Å². The molecule has 0 amide bonds. The standard InChI is InChI=1S/C9H18BrNO4S/c1-3-16(13,14)6-4-5-11-7-8(10)9(12)15-2/h8,11H,3-7H2,1-2H3. The number of carbonyl (C=O) groups is 1. The molecule has 0 aliphatic heterocycles. The summed E-state index contributed by atoms with van der Waals surface area (Å²) in [6, 6.07) is 0. The minimum absolute atomic E-state index is 0.177. The Kier molecular flexibility index (Phi) is 7.96. The SMILES string of the molecule is CCS(=O)(=O)CCCNCC(Br)C(=O)OC. The molecular formula is C9H18BrNO4S. The Morgan fingerprint density at radius 3 is 2.62 bits per heavy atom. The maximum atomic E-state index is 11.1. The number of methoxy groups -OCH3 is 1. The quantitative estimate of drug-likeness (QED) is 0.397. The van der Waals surface area contributed by atoms with Crippen LogP contribution in [0.5, 0.6) is 0 Å². The van der Waals surface area contributed by atoms with Crippen molar-refractivity contribution in [2.24, 2.45) is 0 Å². The van der Waals surface area contributed by atoms with Crippen LogP contribution in [0.2, 0.25) is 0 Å². The highest BCUT2D eigenvalue weighted by Gasteiger charge is 2.14. The first kappa shape index (κ1) is 15.9.